The van der Waals surface area contributed by atoms with Crippen molar-refractivity contribution in [3.63, 3.8) is 0 Å². The number of nitrogens with one attached hydrogen (secondary N) is 1. The number of alkyl halides is 2. The number of hydrogen-bond donors (Lipinski definition) is 2. The van der Waals surface area contributed by atoms with Crippen molar-refractivity contribution in [3.05, 3.63) is 18.2 Å². The van der Waals surface area contributed by atoms with Gasteiger partial charge in [0.05, 0.1) is 6.61 Å². The van der Waals surface area contributed by atoms with Gasteiger partial charge < -0.3 is 24.8 Å². The van der Waals surface area contributed by atoms with Crippen LogP contribution in [-0.4, -0.2) is 53.7 Å². The molecule has 27 heavy (non-hydrogen) atoms. The number of amides is 1. The van der Waals surface area contributed by atoms with Gasteiger partial charge in [0.2, 0.25) is 5.91 Å². The number of carbonyl (C=O) groups excluding carboxylic acids is 1. The Morgan fingerprint density at radius 2 is 2.07 bits per heavy atom. The highest BCUT2D eigenvalue weighted by Gasteiger charge is 2.38. The number of benzene rings is 1. The van der Waals surface area contributed by atoms with Gasteiger partial charge in [-0.3, -0.25) is 4.79 Å². The Morgan fingerprint density at radius 1 is 1.33 bits per heavy atom. The van der Waals surface area contributed by atoms with Crippen molar-refractivity contribution in [2.45, 2.75) is 44.9 Å². The minimum atomic E-state index is -2.96. The van der Waals surface area contributed by atoms with E-state index >= 15 is 0 Å². The third-order valence-corrected chi connectivity index (χ3v) is 4.69. The predicted molar refractivity (Wildman–Crippen MR) is 92.1 cm³/mol. The van der Waals surface area contributed by atoms with Gasteiger partial charge in [0.15, 0.2) is 11.5 Å². The smallest absolute Gasteiger partial charge is 0.387 e. The first-order valence-corrected chi connectivity index (χ1v) is 8.81. The number of ether oxygens (including phenoxy) is 2. The van der Waals surface area contributed by atoms with E-state index < -0.39 is 18.6 Å². The summed E-state index contributed by atoms with van der Waals surface area (Å²) in [7, 11) is 0. The molecule has 7 nitrogen and oxygen atoms in total. The number of rotatable bonds is 8. The predicted octanol–water partition coefficient (Wildman–Crippen LogP) is 2.56. The summed E-state index contributed by atoms with van der Waals surface area (Å²) in [4.78, 5) is 24.3. The molecule has 1 aromatic rings. The number of aliphatic carboxylic acids is 1. The topological polar surface area (TPSA) is 88.1 Å². The van der Waals surface area contributed by atoms with Crippen molar-refractivity contribution in [3.8, 4) is 11.5 Å². The van der Waals surface area contributed by atoms with Gasteiger partial charge in [-0.15, -0.1) is 0 Å². The lowest BCUT2D eigenvalue weighted by Crippen LogP contribution is -2.39. The summed E-state index contributed by atoms with van der Waals surface area (Å²) in [6, 6.07) is 3.36. The van der Waals surface area contributed by atoms with E-state index in [1.54, 1.807) is 12.1 Å². The van der Waals surface area contributed by atoms with Gasteiger partial charge in [0.25, 0.3) is 0 Å². The van der Waals surface area contributed by atoms with Crippen molar-refractivity contribution in [1.29, 1.82) is 0 Å². The van der Waals surface area contributed by atoms with E-state index in [0.29, 0.717) is 18.2 Å². The average molecular weight is 384 g/mol. The lowest BCUT2D eigenvalue weighted by atomic mass is 10.1. The molecule has 2 N–H and O–H groups in total. The molecule has 0 radical (unpaired) electrons. The van der Waals surface area contributed by atoms with Crippen molar-refractivity contribution in [2.75, 3.05) is 18.5 Å². The van der Waals surface area contributed by atoms with E-state index in [1.165, 1.54) is 17.9 Å². The molecule has 9 heteroatoms. The monoisotopic (exact) mass is 384 g/mol. The summed E-state index contributed by atoms with van der Waals surface area (Å²) >= 11 is 0. The third kappa shape index (κ3) is 4.99. The molecule has 1 saturated carbocycles. The maximum Gasteiger partial charge on any atom is 0.387 e. The normalized spacial score (nSPS) is 22.0. The van der Waals surface area contributed by atoms with Crippen LogP contribution in [-0.2, 0) is 9.59 Å². The average Bonchev–Trinajstić information content (AvgIpc) is 3.32. The van der Waals surface area contributed by atoms with Gasteiger partial charge in [-0.05, 0) is 30.9 Å². The number of hydrogen-bond acceptors (Lipinski definition) is 5. The number of halogens is 2. The van der Waals surface area contributed by atoms with Crippen LogP contribution in [0.3, 0.4) is 0 Å². The fourth-order valence-electron chi connectivity index (χ4n) is 3.15. The van der Waals surface area contributed by atoms with Crippen LogP contribution in [0.25, 0.3) is 0 Å². The molecular formula is C18H22F2N2O5. The van der Waals surface area contributed by atoms with Gasteiger partial charge in [0, 0.05) is 37.7 Å². The second-order valence-electron chi connectivity index (χ2n) is 6.90. The van der Waals surface area contributed by atoms with Crippen molar-refractivity contribution < 1.29 is 33.0 Å². The Hall–Kier alpha value is -2.58. The van der Waals surface area contributed by atoms with E-state index in [-0.39, 0.29) is 36.4 Å². The second kappa shape index (κ2) is 7.98. The summed E-state index contributed by atoms with van der Waals surface area (Å²) in [5.41, 5.74) is 0.585. The lowest BCUT2D eigenvalue weighted by Gasteiger charge is -2.19. The van der Waals surface area contributed by atoms with Crippen LogP contribution in [0.15, 0.2) is 18.2 Å². The minimum absolute atomic E-state index is 0.0450. The van der Waals surface area contributed by atoms with Gasteiger partial charge in [-0.25, -0.2) is 4.79 Å². The fraction of sp³-hybridized carbons (Fsp3) is 0.556. The largest absolute Gasteiger partial charge is 0.489 e. The molecule has 148 valence electrons. The van der Waals surface area contributed by atoms with Crippen molar-refractivity contribution in [2.24, 2.45) is 5.92 Å². The van der Waals surface area contributed by atoms with Crippen LogP contribution in [0.4, 0.5) is 14.5 Å². The van der Waals surface area contributed by atoms with E-state index in [2.05, 4.69) is 10.1 Å². The van der Waals surface area contributed by atoms with Crippen LogP contribution in [0.2, 0.25) is 0 Å². The number of carboxylic acid groups (broad SMARTS) is 1. The summed E-state index contributed by atoms with van der Waals surface area (Å²) in [6.45, 7) is -0.938. The first kappa shape index (κ1) is 19.2. The molecule has 2 aliphatic rings. The maximum absolute atomic E-state index is 12.6. The van der Waals surface area contributed by atoms with Crippen LogP contribution < -0.4 is 14.8 Å². The molecule has 0 spiro atoms. The first-order chi connectivity index (χ1) is 12.8. The second-order valence-corrected chi connectivity index (χ2v) is 6.90. The molecule has 0 bridgehead atoms. The van der Waals surface area contributed by atoms with Crippen LogP contribution >= 0.6 is 0 Å². The molecule has 1 heterocycles. The molecule has 0 aromatic heterocycles. The van der Waals surface area contributed by atoms with Gasteiger partial charge >= 0.3 is 12.6 Å². The van der Waals surface area contributed by atoms with Crippen LogP contribution in [0, 0.1) is 5.92 Å². The van der Waals surface area contributed by atoms with E-state index in [9.17, 15) is 23.5 Å². The zero-order valence-electron chi connectivity index (χ0n) is 14.9. The zero-order valence-corrected chi connectivity index (χ0v) is 14.9. The molecule has 2 fully saturated rings. The number of anilines is 1. The highest BCUT2D eigenvalue weighted by Crippen LogP contribution is 2.36. The molecule has 2 unspecified atom stereocenters. The van der Waals surface area contributed by atoms with Gasteiger partial charge in [0.1, 0.15) is 6.04 Å². The maximum atomic E-state index is 12.6. The van der Waals surface area contributed by atoms with Crippen LogP contribution in [0.1, 0.15) is 26.2 Å². The highest BCUT2D eigenvalue weighted by atomic mass is 19.3. The molecule has 3 rings (SSSR count). The standard InChI is InChI=1S/C18H22F2N2O5/c1-10(23)22-8-13(6-14(22)17(24)25)21-12-4-5-15(27-18(19)20)16(7-12)26-9-11-2-3-11/h4-5,7,11,13-14,18,21H,2-3,6,8-9H2,1H3,(H,24,25). The van der Waals surface area contributed by atoms with Crippen molar-refractivity contribution >= 4 is 17.6 Å². The highest BCUT2D eigenvalue weighted by molar-refractivity contribution is 5.83. The van der Waals surface area contributed by atoms with Gasteiger partial charge in [-0.1, -0.05) is 0 Å². The molecule has 1 aromatic carbocycles. The summed E-state index contributed by atoms with van der Waals surface area (Å²) < 4.78 is 35.3. The molecular weight excluding hydrogens is 362 g/mol. The van der Waals surface area contributed by atoms with E-state index in [4.69, 9.17) is 4.74 Å². The Bertz CT molecular complexity index is 689. The zero-order chi connectivity index (χ0) is 19.6. The molecule has 2 atom stereocenters. The quantitative estimate of drug-likeness (QED) is 0.716. The van der Waals surface area contributed by atoms with Crippen molar-refractivity contribution in [1.82, 2.24) is 4.90 Å². The molecule has 1 saturated heterocycles. The molecule has 1 amide bonds. The number of carbonyl (C=O) groups is 2. The lowest BCUT2D eigenvalue weighted by molar-refractivity contribution is -0.147. The Labute approximate surface area is 155 Å². The first-order valence-electron chi connectivity index (χ1n) is 8.81. The van der Waals surface area contributed by atoms with Crippen LogP contribution in [0.5, 0.6) is 11.5 Å². The number of nitrogens with zero attached hydrogens (tertiary/aromatic N) is 1. The fourth-order valence-corrected chi connectivity index (χ4v) is 3.15. The summed E-state index contributed by atoms with van der Waals surface area (Å²) in [5.74, 6) is -0.749. The molecule has 1 aliphatic carbocycles. The Kier molecular flexibility index (Phi) is 5.67. The summed E-state index contributed by atoms with van der Waals surface area (Å²) in [6.07, 6.45) is 2.37. The molecule has 1 aliphatic heterocycles. The number of carboxylic acids is 1. The Morgan fingerprint density at radius 3 is 2.63 bits per heavy atom. The Balaban J connectivity index is 1.71. The third-order valence-electron chi connectivity index (χ3n) is 4.69. The SMILES string of the molecule is CC(=O)N1CC(Nc2ccc(OC(F)F)c(OCC3CC3)c2)CC1C(=O)O. The van der Waals surface area contributed by atoms with E-state index in [1.807, 2.05) is 0 Å². The number of likely N-dealkylation sites (tertiary alicyclic amines) is 1. The van der Waals surface area contributed by atoms with Gasteiger partial charge in [-0.2, -0.15) is 8.78 Å². The minimum Gasteiger partial charge on any atom is -0.489 e. The summed E-state index contributed by atoms with van der Waals surface area (Å²) in [5, 5.41) is 12.4. The van der Waals surface area contributed by atoms with E-state index in [0.717, 1.165) is 12.8 Å².